The summed E-state index contributed by atoms with van der Waals surface area (Å²) in [5, 5.41) is 0. The number of carbonyl (C=O) groups is 4. The molecule has 0 amide bonds. The van der Waals surface area contributed by atoms with Gasteiger partial charge >= 0.3 is 17.9 Å². The number of rotatable bonds is 16. The van der Waals surface area contributed by atoms with Crippen molar-refractivity contribution in [3.05, 3.63) is 23.6 Å². The van der Waals surface area contributed by atoms with Gasteiger partial charge in [-0.1, -0.05) is 32.6 Å². The highest BCUT2D eigenvalue weighted by Crippen LogP contribution is 2.35. The van der Waals surface area contributed by atoms with Gasteiger partial charge in [-0.2, -0.15) is 0 Å². The Morgan fingerprint density at radius 2 is 1.65 bits per heavy atom. The van der Waals surface area contributed by atoms with E-state index in [1.807, 2.05) is 20.8 Å². The van der Waals surface area contributed by atoms with Crippen molar-refractivity contribution < 1.29 is 52.3 Å². The van der Waals surface area contributed by atoms with Crippen LogP contribution in [0.5, 0.6) is 0 Å². The normalized spacial score (nSPS) is 22.3. The molecule has 244 valence electrons. The molecule has 0 bridgehead atoms. The summed E-state index contributed by atoms with van der Waals surface area (Å²) >= 11 is 8.04. The van der Waals surface area contributed by atoms with Crippen LogP contribution < -0.4 is 0 Å². The molecule has 0 aliphatic carbocycles. The Kier molecular flexibility index (Phi) is 21.2. The van der Waals surface area contributed by atoms with Crippen molar-refractivity contribution in [2.45, 2.75) is 84.4 Å². The average molecular weight is 666 g/mol. The summed E-state index contributed by atoms with van der Waals surface area (Å²) in [6.45, 7) is 23.5. The van der Waals surface area contributed by atoms with Crippen molar-refractivity contribution >= 4 is 63.7 Å². The van der Waals surface area contributed by atoms with Gasteiger partial charge < -0.3 is 33.2 Å². The van der Waals surface area contributed by atoms with Gasteiger partial charge in [0.15, 0.2) is 12.4 Å². The van der Waals surface area contributed by atoms with E-state index in [0.29, 0.717) is 18.5 Å². The van der Waals surface area contributed by atoms with Crippen molar-refractivity contribution in [2.75, 3.05) is 38.8 Å². The number of esters is 3. The van der Waals surface area contributed by atoms with E-state index in [9.17, 15) is 19.2 Å². The quantitative estimate of drug-likeness (QED) is 0.0440. The molecule has 1 heterocycles. The second-order valence-corrected chi connectivity index (χ2v) is 13.4. The van der Waals surface area contributed by atoms with Crippen molar-refractivity contribution in [3.63, 3.8) is 0 Å². The molecular formula is C28H43NO11S3. The molecule has 12 nitrogen and oxygen atoms in total. The van der Waals surface area contributed by atoms with Gasteiger partial charge in [0.25, 0.3) is 11.3 Å². The molecule has 1 aliphatic heterocycles. The molecule has 0 radical (unpaired) electrons. The first-order valence-corrected chi connectivity index (χ1v) is 15.7. The molecule has 0 spiro atoms. The Morgan fingerprint density at radius 3 is 2.19 bits per heavy atom. The van der Waals surface area contributed by atoms with E-state index >= 15 is 0 Å². The summed E-state index contributed by atoms with van der Waals surface area (Å²) < 4.78 is 37.7. The summed E-state index contributed by atoms with van der Waals surface area (Å²) in [6, 6.07) is 0. The molecule has 15 heteroatoms. The van der Waals surface area contributed by atoms with Crippen molar-refractivity contribution in [2.24, 2.45) is 5.92 Å². The van der Waals surface area contributed by atoms with E-state index in [4.69, 9.17) is 47.2 Å². The minimum Gasteiger partial charge on any atom is -0.468 e. The third-order valence-corrected chi connectivity index (χ3v) is 8.31. The van der Waals surface area contributed by atoms with Gasteiger partial charge in [-0.25, -0.2) is 11.4 Å². The van der Waals surface area contributed by atoms with Gasteiger partial charge in [-0.05, 0) is 31.4 Å². The SMILES string of the molecule is C=C(C)C(=O)OCCOCCO[C@@H]1O[C@H](C)[C@H](C)[C@H](OC(C)=O)[C@H]1OC(C)=O.[C-]#[N+]C(C)(CCOC=O)SC(=S)SCC. The highest BCUT2D eigenvalue weighted by molar-refractivity contribution is 8.47. The number of thioether (sulfide) groups is 2. The number of ether oxygens (including phenoxy) is 7. The number of carbonyl (C=O) groups excluding carboxylic acids is 4. The Morgan fingerprint density at radius 1 is 1.05 bits per heavy atom. The lowest BCUT2D eigenvalue weighted by molar-refractivity contribution is -0.288. The van der Waals surface area contributed by atoms with Crippen LogP contribution in [0, 0.1) is 12.5 Å². The Labute approximate surface area is 268 Å². The summed E-state index contributed by atoms with van der Waals surface area (Å²) in [7, 11) is 0. The standard InChI is InChI=1S/C19H30O9.C9H13NO2S3/c1-11(2)18(22)24-9-7-23-8-10-25-19-17(28-15(6)21)16(27-14(5)20)12(3)13(4)26-19;1-4-14-8(13)15-9(2,10-3)5-6-12-7-11/h12-13,16-17,19H,1,7-10H2,2-6H3;7H,4-6H2,1-2H3/t12-,13+,16-,17+,19+;/m0./s1. The van der Waals surface area contributed by atoms with Crippen LogP contribution >= 0.6 is 35.7 Å². The van der Waals surface area contributed by atoms with E-state index < -0.39 is 41.3 Å². The van der Waals surface area contributed by atoms with Crippen LogP contribution in [0.15, 0.2) is 12.2 Å². The average Bonchev–Trinajstić information content (AvgIpc) is 2.92. The maximum Gasteiger partial charge on any atom is 0.333 e. The number of nitrogens with zero attached hydrogens (tertiary/aromatic N) is 1. The first kappa shape index (κ1) is 40.8. The van der Waals surface area contributed by atoms with E-state index in [1.54, 1.807) is 25.6 Å². The van der Waals surface area contributed by atoms with Gasteiger partial charge in [0.1, 0.15) is 16.2 Å². The summed E-state index contributed by atoms with van der Waals surface area (Å²) in [5.74, 6) is -0.761. The van der Waals surface area contributed by atoms with Crippen molar-refractivity contribution in [3.8, 4) is 0 Å². The molecule has 0 N–H and O–H groups in total. The molecule has 1 saturated heterocycles. The minimum absolute atomic E-state index is 0.102. The predicted molar refractivity (Wildman–Crippen MR) is 167 cm³/mol. The lowest BCUT2D eigenvalue weighted by Gasteiger charge is -2.43. The largest absolute Gasteiger partial charge is 0.468 e. The second-order valence-electron chi connectivity index (χ2n) is 9.41. The summed E-state index contributed by atoms with van der Waals surface area (Å²) in [5.41, 5.74) is 0.319. The molecular weight excluding hydrogens is 623 g/mol. The van der Waals surface area contributed by atoms with Gasteiger partial charge in [0, 0.05) is 32.3 Å². The molecule has 0 aromatic carbocycles. The Balaban J connectivity index is 0.000000994. The molecule has 1 aliphatic rings. The fraction of sp³-hybridized carbons (Fsp3) is 0.714. The molecule has 43 heavy (non-hydrogen) atoms. The van der Waals surface area contributed by atoms with Gasteiger partial charge in [-0.15, -0.1) is 11.8 Å². The molecule has 1 unspecified atom stereocenters. The molecule has 0 aromatic heterocycles. The first-order valence-electron chi connectivity index (χ1n) is 13.5. The third kappa shape index (κ3) is 17.6. The lowest BCUT2D eigenvalue weighted by atomic mass is 9.91. The highest BCUT2D eigenvalue weighted by atomic mass is 32.2. The maximum atomic E-state index is 11.5. The van der Waals surface area contributed by atoms with Crippen molar-refractivity contribution in [1.29, 1.82) is 0 Å². The van der Waals surface area contributed by atoms with Crippen LogP contribution in [-0.2, 0) is 52.3 Å². The topological polar surface area (TPSA) is 137 Å². The maximum absolute atomic E-state index is 11.5. The van der Waals surface area contributed by atoms with Crippen LogP contribution in [-0.4, -0.2) is 96.2 Å². The zero-order valence-electron chi connectivity index (χ0n) is 25.8. The number of hydrogen-bond donors (Lipinski definition) is 0. The van der Waals surface area contributed by atoms with Gasteiger partial charge in [0.05, 0.1) is 39.0 Å². The number of hydrogen-bond acceptors (Lipinski definition) is 14. The van der Waals surface area contributed by atoms with Crippen LogP contribution in [0.1, 0.15) is 54.9 Å². The third-order valence-electron chi connectivity index (χ3n) is 5.68. The van der Waals surface area contributed by atoms with Crippen LogP contribution in [0.25, 0.3) is 4.85 Å². The highest BCUT2D eigenvalue weighted by Gasteiger charge is 2.47. The Hall–Kier alpha value is -2.22. The summed E-state index contributed by atoms with van der Waals surface area (Å²) in [4.78, 5) is 47.0. The second kappa shape index (κ2) is 22.3. The molecule has 1 fully saturated rings. The fourth-order valence-electron chi connectivity index (χ4n) is 3.34. The van der Waals surface area contributed by atoms with E-state index in [1.165, 1.54) is 25.6 Å². The van der Waals surface area contributed by atoms with Crippen LogP contribution in [0.2, 0.25) is 0 Å². The zero-order valence-corrected chi connectivity index (χ0v) is 28.2. The monoisotopic (exact) mass is 665 g/mol. The van der Waals surface area contributed by atoms with E-state index in [2.05, 4.69) is 16.2 Å². The van der Waals surface area contributed by atoms with Gasteiger partial charge in [0.2, 0.25) is 0 Å². The van der Waals surface area contributed by atoms with Crippen molar-refractivity contribution in [1.82, 2.24) is 0 Å². The molecule has 0 aromatic rings. The smallest absolute Gasteiger partial charge is 0.333 e. The molecule has 0 saturated carbocycles. The lowest BCUT2D eigenvalue weighted by Crippen LogP contribution is -2.56. The molecule has 1 rings (SSSR count). The summed E-state index contributed by atoms with van der Waals surface area (Å²) in [6.07, 6.45) is -2.25. The van der Waals surface area contributed by atoms with E-state index in [0.717, 1.165) is 9.28 Å². The minimum atomic E-state index is -0.899. The first-order chi connectivity index (χ1) is 20.2. The van der Waals surface area contributed by atoms with E-state index in [-0.39, 0.29) is 45.1 Å². The molecule has 6 atom stereocenters. The van der Waals surface area contributed by atoms with Crippen LogP contribution in [0.4, 0.5) is 0 Å². The number of thiocarbonyl (C=S) groups is 1. The zero-order chi connectivity index (χ0) is 33.0. The Bertz CT molecular complexity index is 974. The predicted octanol–water partition coefficient (Wildman–Crippen LogP) is 4.34. The fourth-order valence-corrected chi connectivity index (χ4v) is 6.19. The van der Waals surface area contributed by atoms with Crippen LogP contribution in [0.3, 0.4) is 0 Å². The van der Waals surface area contributed by atoms with Gasteiger partial charge in [-0.3, -0.25) is 19.2 Å².